The van der Waals surface area contributed by atoms with Crippen molar-refractivity contribution in [3.63, 3.8) is 0 Å². The highest BCUT2D eigenvalue weighted by atomic mass is 79.9. The van der Waals surface area contributed by atoms with E-state index in [0.717, 1.165) is 54.5 Å². The fourth-order valence-electron chi connectivity index (χ4n) is 3.58. The average molecular weight is 487 g/mol. The molecule has 0 saturated carbocycles. The smallest absolute Gasteiger partial charge is 0.227 e. The van der Waals surface area contributed by atoms with Gasteiger partial charge in [-0.3, -0.25) is 0 Å². The minimum absolute atomic E-state index is 0.591. The molecule has 2 aromatic rings. The van der Waals surface area contributed by atoms with Gasteiger partial charge in [-0.2, -0.15) is 4.98 Å². The zero-order chi connectivity index (χ0) is 21.8. The number of methoxy groups -OCH3 is 2. The topological polar surface area (TPSA) is 66.0 Å². The van der Waals surface area contributed by atoms with Gasteiger partial charge in [-0.15, -0.1) is 0 Å². The van der Waals surface area contributed by atoms with Gasteiger partial charge in [-0.05, 0) is 41.2 Å². The Hall–Kier alpha value is -2.78. The average Bonchev–Trinajstić information content (AvgIpc) is 2.80. The molecule has 1 aromatic heterocycles. The molecule has 4 rings (SSSR count). The van der Waals surface area contributed by atoms with E-state index in [9.17, 15) is 0 Å². The van der Waals surface area contributed by atoms with Crippen LogP contribution in [0.4, 0.5) is 23.1 Å². The van der Waals surface area contributed by atoms with Crippen molar-refractivity contribution in [2.24, 2.45) is 0 Å². The SMILES string of the molecule is COc1cc(Nc2nc(N3CCN(C)CC3)ncc2OC)ccc1N1CC=CC=C1Br. The summed E-state index contributed by atoms with van der Waals surface area (Å²) in [5.41, 5.74) is 1.84. The molecule has 164 valence electrons. The summed E-state index contributed by atoms with van der Waals surface area (Å²) >= 11 is 3.62. The molecular weight excluding hydrogens is 460 g/mol. The second-order valence-electron chi connectivity index (χ2n) is 7.42. The molecule has 0 bridgehead atoms. The van der Waals surface area contributed by atoms with E-state index in [0.29, 0.717) is 17.5 Å². The highest BCUT2D eigenvalue weighted by Crippen LogP contribution is 2.37. The monoisotopic (exact) mass is 486 g/mol. The Morgan fingerprint density at radius 2 is 1.84 bits per heavy atom. The molecule has 2 aliphatic rings. The summed E-state index contributed by atoms with van der Waals surface area (Å²) in [5, 5.41) is 3.38. The van der Waals surface area contributed by atoms with E-state index in [1.807, 2.05) is 30.4 Å². The number of nitrogens with one attached hydrogen (secondary N) is 1. The van der Waals surface area contributed by atoms with Crippen molar-refractivity contribution in [3.8, 4) is 11.5 Å². The van der Waals surface area contributed by atoms with Crippen LogP contribution in [0.3, 0.4) is 0 Å². The van der Waals surface area contributed by atoms with Crippen molar-refractivity contribution in [2.75, 3.05) is 69.1 Å². The van der Waals surface area contributed by atoms with Crippen LogP contribution in [-0.4, -0.2) is 68.9 Å². The summed E-state index contributed by atoms with van der Waals surface area (Å²) in [6.07, 6.45) is 7.86. The number of hydrogen-bond donors (Lipinski definition) is 1. The number of piperazine rings is 1. The fourth-order valence-corrected chi connectivity index (χ4v) is 4.07. The maximum absolute atomic E-state index is 5.68. The first-order valence-corrected chi connectivity index (χ1v) is 11.0. The number of allylic oxidation sites excluding steroid dienone is 2. The van der Waals surface area contributed by atoms with E-state index in [1.54, 1.807) is 20.4 Å². The molecule has 1 saturated heterocycles. The van der Waals surface area contributed by atoms with Crippen molar-refractivity contribution in [3.05, 3.63) is 47.2 Å². The minimum Gasteiger partial charge on any atom is -0.494 e. The molecule has 9 heteroatoms. The maximum atomic E-state index is 5.68. The third kappa shape index (κ3) is 4.77. The number of hydrogen-bond acceptors (Lipinski definition) is 8. The normalized spacial score (nSPS) is 16.8. The molecule has 0 spiro atoms. The molecule has 0 unspecified atom stereocenters. The fraction of sp³-hybridized carbons (Fsp3) is 0.364. The van der Waals surface area contributed by atoms with Crippen LogP contribution in [0.1, 0.15) is 0 Å². The molecule has 0 amide bonds. The van der Waals surface area contributed by atoms with Gasteiger partial charge in [-0.25, -0.2) is 4.98 Å². The minimum atomic E-state index is 0.591. The van der Waals surface area contributed by atoms with Gasteiger partial charge in [-0.1, -0.05) is 12.2 Å². The van der Waals surface area contributed by atoms with Crippen molar-refractivity contribution >= 4 is 39.1 Å². The van der Waals surface area contributed by atoms with Gasteiger partial charge in [0.2, 0.25) is 5.95 Å². The van der Waals surface area contributed by atoms with E-state index in [2.05, 4.69) is 54.1 Å². The maximum Gasteiger partial charge on any atom is 0.227 e. The third-order valence-corrected chi connectivity index (χ3v) is 6.09. The van der Waals surface area contributed by atoms with Crippen molar-refractivity contribution in [2.45, 2.75) is 0 Å². The number of nitrogens with zero attached hydrogens (tertiary/aromatic N) is 5. The van der Waals surface area contributed by atoms with Crippen LogP contribution >= 0.6 is 15.9 Å². The first kappa shape index (κ1) is 21.5. The van der Waals surface area contributed by atoms with Crippen molar-refractivity contribution < 1.29 is 9.47 Å². The number of halogens is 1. The Morgan fingerprint density at radius 1 is 1.06 bits per heavy atom. The molecule has 1 fully saturated rings. The summed E-state index contributed by atoms with van der Waals surface area (Å²) in [6.45, 7) is 4.56. The summed E-state index contributed by atoms with van der Waals surface area (Å²) < 4.78 is 12.2. The zero-order valence-electron chi connectivity index (χ0n) is 18.0. The number of benzene rings is 1. The first-order valence-electron chi connectivity index (χ1n) is 10.2. The molecule has 2 aliphatic heterocycles. The zero-order valence-corrected chi connectivity index (χ0v) is 19.6. The number of anilines is 4. The number of rotatable bonds is 6. The molecule has 1 aromatic carbocycles. The lowest BCUT2D eigenvalue weighted by Gasteiger charge is -2.32. The highest BCUT2D eigenvalue weighted by Gasteiger charge is 2.20. The van der Waals surface area contributed by atoms with E-state index >= 15 is 0 Å². The predicted octanol–water partition coefficient (Wildman–Crippen LogP) is 3.60. The van der Waals surface area contributed by atoms with E-state index in [1.165, 1.54) is 0 Å². The Morgan fingerprint density at radius 3 is 2.55 bits per heavy atom. The highest BCUT2D eigenvalue weighted by molar-refractivity contribution is 9.11. The first-order chi connectivity index (χ1) is 15.1. The second kappa shape index (κ2) is 9.57. The Kier molecular flexibility index (Phi) is 6.62. The van der Waals surface area contributed by atoms with Gasteiger partial charge in [0.15, 0.2) is 11.6 Å². The standard InChI is InChI=1S/C22H27BrN6O2/c1-27-10-12-28(13-11-27)22-24-15-19(31-3)21(26-22)25-16-7-8-17(18(14-16)30-2)29-9-5-4-6-20(29)23/h4-8,14-15H,9-13H2,1-3H3,(H,24,25,26). The van der Waals surface area contributed by atoms with E-state index < -0.39 is 0 Å². The lowest BCUT2D eigenvalue weighted by molar-refractivity contribution is 0.311. The van der Waals surface area contributed by atoms with E-state index in [-0.39, 0.29) is 0 Å². The largest absolute Gasteiger partial charge is 0.494 e. The van der Waals surface area contributed by atoms with E-state index in [4.69, 9.17) is 14.5 Å². The van der Waals surface area contributed by atoms with Crippen LogP contribution in [0.25, 0.3) is 0 Å². The molecule has 0 radical (unpaired) electrons. The molecule has 31 heavy (non-hydrogen) atoms. The molecule has 8 nitrogen and oxygen atoms in total. The van der Waals surface area contributed by atoms with Crippen LogP contribution in [0, 0.1) is 0 Å². The molecule has 3 heterocycles. The third-order valence-electron chi connectivity index (χ3n) is 5.40. The van der Waals surface area contributed by atoms with Gasteiger partial charge in [0.05, 0.1) is 30.7 Å². The summed E-state index contributed by atoms with van der Waals surface area (Å²) in [6, 6.07) is 6.00. The molecule has 0 atom stereocenters. The Labute approximate surface area is 191 Å². The quantitative estimate of drug-likeness (QED) is 0.621. The summed E-state index contributed by atoms with van der Waals surface area (Å²) in [5.74, 6) is 2.68. The lowest BCUT2D eigenvalue weighted by Crippen LogP contribution is -2.45. The second-order valence-corrected chi connectivity index (χ2v) is 8.23. The molecular formula is C22H27BrN6O2. The van der Waals surface area contributed by atoms with Gasteiger partial charge < -0.3 is 29.5 Å². The lowest BCUT2D eigenvalue weighted by atomic mass is 10.2. The summed E-state index contributed by atoms with van der Waals surface area (Å²) in [4.78, 5) is 15.9. The summed E-state index contributed by atoms with van der Waals surface area (Å²) in [7, 11) is 5.43. The van der Waals surface area contributed by atoms with Gasteiger partial charge >= 0.3 is 0 Å². The van der Waals surface area contributed by atoms with Crippen molar-refractivity contribution in [1.29, 1.82) is 0 Å². The number of likely N-dealkylation sites (N-methyl/N-ethyl adjacent to an activating group) is 1. The van der Waals surface area contributed by atoms with Gasteiger partial charge in [0.1, 0.15) is 5.75 Å². The van der Waals surface area contributed by atoms with Gasteiger partial charge in [0, 0.05) is 44.5 Å². The molecule has 1 N–H and O–H groups in total. The Bertz CT molecular complexity index is 988. The Balaban J connectivity index is 1.59. The molecule has 0 aliphatic carbocycles. The number of aromatic nitrogens is 2. The van der Waals surface area contributed by atoms with Crippen LogP contribution < -0.4 is 24.6 Å². The van der Waals surface area contributed by atoms with Crippen molar-refractivity contribution in [1.82, 2.24) is 14.9 Å². The van der Waals surface area contributed by atoms with Crippen LogP contribution in [0.2, 0.25) is 0 Å². The van der Waals surface area contributed by atoms with Crippen LogP contribution in [-0.2, 0) is 0 Å². The van der Waals surface area contributed by atoms with Crippen LogP contribution in [0.15, 0.2) is 47.2 Å². The predicted molar refractivity (Wildman–Crippen MR) is 128 cm³/mol. The van der Waals surface area contributed by atoms with Gasteiger partial charge in [0.25, 0.3) is 0 Å². The number of ether oxygens (including phenoxy) is 2. The van der Waals surface area contributed by atoms with Crippen LogP contribution in [0.5, 0.6) is 11.5 Å².